The zero-order valence-electron chi connectivity index (χ0n) is 14.6. The van der Waals surface area contributed by atoms with E-state index in [0.29, 0.717) is 36.5 Å². The zero-order valence-corrected chi connectivity index (χ0v) is 14.6. The van der Waals surface area contributed by atoms with E-state index in [1.54, 1.807) is 12.1 Å². The van der Waals surface area contributed by atoms with Crippen LogP contribution in [0.25, 0.3) is 11.4 Å². The average Bonchev–Trinajstić information content (AvgIpc) is 3.08. The monoisotopic (exact) mass is 363 g/mol. The van der Waals surface area contributed by atoms with E-state index in [2.05, 4.69) is 15.5 Å². The Morgan fingerprint density at radius 3 is 2.65 bits per heavy atom. The number of carbonyl (C=O) groups is 2. The normalized spacial score (nSPS) is 11.9. The number of rotatable bonds is 10. The van der Waals surface area contributed by atoms with E-state index >= 15 is 0 Å². The van der Waals surface area contributed by atoms with Crippen LogP contribution in [0.3, 0.4) is 0 Å². The van der Waals surface area contributed by atoms with Crippen molar-refractivity contribution in [3.63, 3.8) is 0 Å². The second-order valence-corrected chi connectivity index (χ2v) is 5.97. The Bertz CT molecular complexity index is 730. The molecular formula is C18H22FN3O4. The second-order valence-electron chi connectivity index (χ2n) is 5.97. The molecule has 2 rings (SSSR count). The van der Waals surface area contributed by atoms with Crippen LogP contribution in [-0.4, -0.2) is 33.2 Å². The summed E-state index contributed by atoms with van der Waals surface area (Å²) < 4.78 is 18.0. The number of nitrogens with zero attached hydrogens (tertiary/aromatic N) is 2. The van der Waals surface area contributed by atoms with Gasteiger partial charge in [0.05, 0.1) is 0 Å². The van der Waals surface area contributed by atoms with Gasteiger partial charge in [-0.2, -0.15) is 4.98 Å². The molecule has 2 N–H and O–H groups in total. The van der Waals surface area contributed by atoms with E-state index in [1.807, 2.05) is 6.92 Å². The molecule has 0 aliphatic heterocycles. The fraction of sp³-hybridized carbons (Fsp3) is 0.444. The van der Waals surface area contributed by atoms with Gasteiger partial charge in [-0.3, -0.25) is 4.79 Å². The Morgan fingerprint density at radius 2 is 2.00 bits per heavy atom. The SMILES string of the molecule is CCCC[C@H](NC(=O)CCCc1nc(-c2ccc(F)cc2)no1)C(=O)O. The predicted molar refractivity (Wildman–Crippen MR) is 91.7 cm³/mol. The lowest BCUT2D eigenvalue weighted by atomic mass is 10.1. The van der Waals surface area contributed by atoms with Crippen LogP contribution < -0.4 is 5.32 Å². The van der Waals surface area contributed by atoms with Crippen molar-refractivity contribution >= 4 is 11.9 Å². The summed E-state index contributed by atoms with van der Waals surface area (Å²) in [5.74, 6) is -0.950. The van der Waals surface area contributed by atoms with Crippen molar-refractivity contribution in [2.45, 2.75) is 51.5 Å². The number of hydrogen-bond donors (Lipinski definition) is 2. The smallest absolute Gasteiger partial charge is 0.326 e. The molecule has 0 spiro atoms. The van der Waals surface area contributed by atoms with Crippen molar-refractivity contribution in [1.82, 2.24) is 15.5 Å². The summed E-state index contributed by atoms with van der Waals surface area (Å²) in [6.45, 7) is 1.96. The molecule has 0 saturated heterocycles. The van der Waals surface area contributed by atoms with Crippen molar-refractivity contribution in [3.05, 3.63) is 36.0 Å². The molecular weight excluding hydrogens is 341 g/mol. The van der Waals surface area contributed by atoms with Gasteiger partial charge in [0.2, 0.25) is 17.6 Å². The van der Waals surface area contributed by atoms with Crippen LogP contribution in [0.15, 0.2) is 28.8 Å². The molecule has 0 radical (unpaired) electrons. The van der Waals surface area contributed by atoms with Crippen LogP contribution in [0.5, 0.6) is 0 Å². The van der Waals surface area contributed by atoms with Gasteiger partial charge in [0.25, 0.3) is 0 Å². The largest absolute Gasteiger partial charge is 0.480 e. The molecule has 140 valence electrons. The van der Waals surface area contributed by atoms with Gasteiger partial charge in [-0.1, -0.05) is 24.9 Å². The number of carboxylic acids is 1. The predicted octanol–water partition coefficient (Wildman–Crippen LogP) is 2.96. The topological polar surface area (TPSA) is 105 Å². The van der Waals surface area contributed by atoms with E-state index in [9.17, 15) is 14.0 Å². The summed E-state index contributed by atoms with van der Waals surface area (Å²) in [6.07, 6.45) is 3.05. The number of aromatic nitrogens is 2. The number of amides is 1. The summed E-state index contributed by atoms with van der Waals surface area (Å²) in [6, 6.07) is 4.88. The van der Waals surface area contributed by atoms with Crippen LogP contribution in [-0.2, 0) is 16.0 Å². The molecule has 1 aromatic heterocycles. The number of aryl methyl sites for hydroxylation is 1. The van der Waals surface area contributed by atoms with Crippen molar-refractivity contribution in [1.29, 1.82) is 0 Å². The van der Waals surface area contributed by atoms with E-state index in [0.717, 1.165) is 12.8 Å². The fourth-order valence-corrected chi connectivity index (χ4v) is 2.40. The molecule has 0 fully saturated rings. The molecule has 0 bridgehead atoms. The molecule has 0 aliphatic rings. The third-order valence-electron chi connectivity index (χ3n) is 3.84. The summed E-state index contributed by atoms with van der Waals surface area (Å²) in [5.41, 5.74) is 0.638. The Morgan fingerprint density at radius 1 is 1.27 bits per heavy atom. The van der Waals surface area contributed by atoms with Gasteiger partial charge in [0, 0.05) is 18.4 Å². The van der Waals surface area contributed by atoms with E-state index in [1.165, 1.54) is 12.1 Å². The highest BCUT2D eigenvalue weighted by Gasteiger charge is 2.19. The minimum atomic E-state index is -1.02. The molecule has 7 nitrogen and oxygen atoms in total. The molecule has 0 aliphatic carbocycles. The maximum atomic E-state index is 12.9. The molecule has 8 heteroatoms. The van der Waals surface area contributed by atoms with Gasteiger partial charge in [0.15, 0.2) is 0 Å². The number of carbonyl (C=O) groups excluding carboxylic acids is 1. The third-order valence-corrected chi connectivity index (χ3v) is 3.84. The quantitative estimate of drug-likeness (QED) is 0.672. The molecule has 26 heavy (non-hydrogen) atoms. The van der Waals surface area contributed by atoms with Gasteiger partial charge in [-0.15, -0.1) is 0 Å². The van der Waals surface area contributed by atoms with Crippen molar-refractivity contribution < 1.29 is 23.6 Å². The number of unbranched alkanes of at least 4 members (excludes halogenated alkanes) is 1. The maximum Gasteiger partial charge on any atom is 0.326 e. The van der Waals surface area contributed by atoms with E-state index < -0.39 is 12.0 Å². The number of benzene rings is 1. The Balaban J connectivity index is 1.79. The molecule has 0 unspecified atom stereocenters. The first-order valence-corrected chi connectivity index (χ1v) is 8.60. The van der Waals surface area contributed by atoms with Crippen molar-refractivity contribution in [2.75, 3.05) is 0 Å². The minimum Gasteiger partial charge on any atom is -0.480 e. The van der Waals surface area contributed by atoms with Gasteiger partial charge in [-0.05, 0) is 37.1 Å². The van der Waals surface area contributed by atoms with Crippen LogP contribution in [0.2, 0.25) is 0 Å². The molecule has 2 aromatic rings. The van der Waals surface area contributed by atoms with Gasteiger partial charge in [-0.25, -0.2) is 9.18 Å². The van der Waals surface area contributed by atoms with Crippen LogP contribution >= 0.6 is 0 Å². The highest BCUT2D eigenvalue weighted by atomic mass is 19.1. The zero-order chi connectivity index (χ0) is 18.9. The lowest BCUT2D eigenvalue weighted by Crippen LogP contribution is -2.40. The van der Waals surface area contributed by atoms with Crippen LogP contribution in [0.4, 0.5) is 4.39 Å². The summed E-state index contributed by atoms with van der Waals surface area (Å²) in [7, 11) is 0. The van der Waals surface area contributed by atoms with E-state index in [-0.39, 0.29) is 18.1 Å². The Hall–Kier alpha value is -2.77. The number of hydrogen-bond acceptors (Lipinski definition) is 5. The molecule has 1 aromatic carbocycles. The minimum absolute atomic E-state index is 0.171. The van der Waals surface area contributed by atoms with Crippen LogP contribution in [0, 0.1) is 5.82 Å². The van der Waals surface area contributed by atoms with Gasteiger partial charge in [0.1, 0.15) is 11.9 Å². The molecule has 1 heterocycles. The highest BCUT2D eigenvalue weighted by molar-refractivity contribution is 5.83. The maximum absolute atomic E-state index is 12.9. The third kappa shape index (κ3) is 5.94. The van der Waals surface area contributed by atoms with E-state index in [4.69, 9.17) is 9.63 Å². The van der Waals surface area contributed by atoms with Gasteiger partial charge >= 0.3 is 5.97 Å². The molecule has 0 saturated carbocycles. The fourth-order valence-electron chi connectivity index (χ4n) is 2.40. The molecule has 1 atom stereocenters. The molecule has 1 amide bonds. The first kappa shape index (κ1) is 19.6. The summed E-state index contributed by atoms with van der Waals surface area (Å²) >= 11 is 0. The Labute approximate surface area is 150 Å². The number of nitrogens with one attached hydrogen (secondary N) is 1. The van der Waals surface area contributed by atoms with Crippen molar-refractivity contribution in [2.24, 2.45) is 0 Å². The number of aliphatic carboxylic acids is 1. The number of carboxylic acid groups (broad SMARTS) is 1. The summed E-state index contributed by atoms with van der Waals surface area (Å²) in [4.78, 5) is 27.2. The highest BCUT2D eigenvalue weighted by Crippen LogP contribution is 2.16. The second kappa shape index (κ2) is 9.65. The standard InChI is InChI=1S/C18H22FN3O4/c1-2-3-5-14(18(24)25)20-15(23)6-4-7-16-21-17(22-26-16)12-8-10-13(19)11-9-12/h8-11,14H,2-7H2,1H3,(H,20,23)(H,24,25)/t14-/m0/s1. The first-order chi connectivity index (χ1) is 12.5. The summed E-state index contributed by atoms with van der Waals surface area (Å²) in [5, 5.41) is 15.5. The number of halogens is 1. The van der Waals surface area contributed by atoms with Crippen LogP contribution in [0.1, 0.15) is 44.9 Å². The lowest BCUT2D eigenvalue weighted by molar-refractivity contribution is -0.142. The lowest BCUT2D eigenvalue weighted by Gasteiger charge is -2.13. The average molecular weight is 363 g/mol. The van der Waals surface area contributed by atoms with Gasteiger partial charge < -0.3 is 14.9 Å². The Kier molecular flexibility index (Phi) is 7.25. The van der Waals surface area contributed by atoms with Crippen molar-refractivity contribution in [3.8, 4) is 11.4 Å². The first-order valence-electron chi connectivity index (χ1n) is 8.60.